The minimum Gasteiger partial charge on any atom is -0.477 e. The molecule has 4 rings (SSSR count). The Balaban J connectivity index is 1.53. The van der Waals surface area contributed by atoms with E-state index < -0.39 is 29.2 Å². The van der Waals surface area contributed by atoms with Crippen LogP contribution in [0.3, 0.4) is 0 Å². The number of thioether (sulfide) groups is 1. The quantitative estimate of drug-likeness (QED) is 0.291. The molecule has 0 saturated carbocycles. The van der Waals surface area contributed by atoms with Gasteiger partial charge in [-0.1, -0.05) is 11.2 Å². The van der Waals surface area contributed by atoms with Gasteiger partial charge >= 0.3 is 5.97 Å². The van der Waals surface area contributed by atoms with Crippen LogP contribution in [0.2, 0.25) is 0 Å². The maximum Gasteiger partial charge on any atom is 0.352 e. The molecule has 0 aromatic carbocycles. The third-order valence-corrected chi connectivity index (χ3v) is 7.24. The van der Waals surface area contributed by atoms with Crippen molar-refractivity contribution in [2.45, 2.75) is 11.4 Å². The minimum absolute atomic E-state index is 0.102. The molecule has 0 spiro atoms. The number of fused-ring (bicyclic) bond motifs is 1. The number of carbonyl (C=O) groups is 3. The Hall–Kier alpha value is -3.23. The van der Waals surface area contributed by atoms with E-state index >= 15 is 0 Å². The fourth-order valence-corrected chi connectivity index (χ4v) is 5.56. The summed E-state index contributed by atoms with van der Waals surface area (Å²) in [5.41, 5.74) is 6.09. The number of nitrogens with zero attached hydrogens (tertiary/aromatic N) is 4. The van der Waals surface area contributed by atoms with Crippen LogP contribution in [0.5, 0.6) is 0 Å². The Kier molecular flexibility index (Phi) is 6.25. The first-order valence-electron chi connectivity index (χ1n) is 9.02. The average Bonchev–Trinajstić information content (AvgIpc) is 3.45. The van der Waals surface area contributed by atoms with Crippen molar-refractivity contribution in [2.24, 2.45) is 5.16 Å². The Morgan fingerprint density at radius 1 is 1.41 bits per heavy atom. The Morgan fingerprint density at radius 2 is 2.22 bits per heavy atom. The molecule has 2 atom stereocenters. The Bertz CT molecular complexity index is 1160. The summed E-state index contributed by atoms with van der Waals surface area (Å²) in [6.07, 6.45) is 5.01. The molecule has 2 aliphatic heterocycles. The van der Waals surface area contributed by atoms with E-state index in [4.69, 9.17) is 10.6 Å². The first-order valence-corrected chi connectivity index (χ1v) is 11.8. The lowest BCUT2D eigenvalue weighted by Gasteiger charge is -2.49. The predicted molar refractivity (Wildman–Crippen MR) is 121 cm³/mol. The number of aromatic nitrogens is 2. The SMILES string of the molecule is CON=C(C(=O)NC1C(=O)N2C(C(=O)O)=C(C=Cc3nccs3)CS[C@@H]12)c1csc(N)n1. The van der Waals surface area contributed by atoms with Crippen molar-refractivity contribution in [3.63, 3.8) is 0 Å². The van der Waals surface area contributed by atoms with Gasteiger partial charge in [-0.15, -0.1) is 34.4 Å². The zero-order valence-electron chi connectivity index (χ0n) is 16.4. The molecular formula is C18H16N6O5S3. The van der Waals surface area contributed by atoms with Gasteiger partial charge in [0.05, 0.1) is 0 Å². The maximum absolute atomic E-state index is 12.8. The number of nitrogens with two attached hydrogens (primary N) is 1. The molecule has 0 aliphatic carbocycles. The highest BCUT2D eigenvalue weighted by Crippen LogP contribution is 2.40. The number of rotatable bonds is 7. The van der Waals surface area contributed by atoms with Gasteiger partial charge in [0.15, 0.2) is 10.8 Å². The summed E-state index contributed by atoms with van der Waals surface area (Å²) in [6, 6.07) is -0.913. The number of carboxylic acid groups (broad SMARTS) is 1. The number of nitrogens with one attached hydrogen (secondary N) is 1. The van der Waals surface area contributed by atoms with E-state index in [1.165, 1.54) is 35.1 Å². The van der Waals surface area contributed by atoms with Crippen LogP contribution in [0.25, 0.3) is 6.08 Å². The van der Waals surface area contributed by atoms with Crippen LogP contribution in [-0.4, -0.2) is 67.7 Å². The van der Waals surface area contributed by atoms with Crippen molar-refractivity contribution >= 4 is 69.1 Å². The summed E-state index contributed by atoms with van der Waals surface area (Å²) in [4.78, 5) is 51.6. The molecule has 2 aliphatic rings. The molecule has 2 amide bonds. The number of carbonyl (C=O) groups excluding carboxylic acids is 2. The highest BCUT2D eigenvalue weighted by Gasteiger charge is 2.54. The number of thiazole rings is 2. The number of nitrogen functional groups attached to an aromatic ring is 1. The second kappa shape index (κ2) is 9.10. The Morgan fingerprint density at radius 3 is 2.84 bits per heavy atom. The van der Waals surface area contributed by atoms with Crippen molar-refractivity contribution in [3.05, 3.63) is 45.0 Å². The van der Waals surface area contributed by atoms with Crippen molar-refractivity contribution in [1.82, 2.24) is 20.2 Å². The fraction of sp³-hybridized carbons (Fsp3) is 0.222. The summed E-state index contributed by atoms with van der Waals surface area (Å²) >= 11 is 3.90. The minimum atomic E-state index is -1.22. The lowest BCUT2D eigenvalue weighted by molar-refractivity contribution is -0.150. The van der Waals surface area contributed by atoms with Gasteiger partial charge in [0, 0.05) is 22.7 Å². The predicted octanol–water partition coefficient (Wildman–Crippen LogP) is 0.984. The smallest absolute Gasteiger partial charge is 0.352 e. The molecule has 14 heteroatoms. The standard InChI is InChI=1S/C18H16N6O5S3/c1-29-23-11(9-7-32-18(19)21-9)14(25)22-12-15(26)24-13(17(27)28)8(6-31-16(12)24)2-3-10-20-4-5-30-10/h2-5,7,12,16H,6H2,1H3,(H2,19,21)(H,22,25)(H,27,28)/t12?,16-/m0/s1. The number of carboxylic acids is 1. The van der Waals surface area contributed by atoms with Gasteiger partial charge in [-0.3, -0.25) is 14.5 Å². The largest absolute Gasteiger partial charge is 0.477 e. The maximum atomic E-state index is 12.8. The highest BCUT2D eigenvalue weighted by atomic mass is 32.2. The van der Waals surface area contributed by atoms with Gasteiger partial charge in [-0.25, -0.2) is 14.8 Å². The molecule has 1 unspecified atom stereocenters. The molecule has 11 nitrogen and oxygen atoms in total. The highest BCUT2D eigenvalue weighted by molar-refractivity contribution is 8.00. The number of amides is 2. The third kappa shape index (κ3) is 4.11. The fourth-order valence-electron chi connectivity index (χ4n) is 3.16. The normalized spacial score (nSPS) is 20.8. The summed E-state index contributed by atoms with van der Waals surface area (Å²) in [6.45, 7) is 0. The number of β-lactam (4-membered cyclic amide) rings is 1. The van der Waals surface area contributed by atoms with E-state index in [0.29, 0.717) is 11.3 Å². The first kappa shape index (κ1) is 22.0. The van der Waals surface area contributed by atoms with E-state index in [2.05, 4.69) is 20.4 Å². The molecule has 166 valence electrons. The van der Waals surface area contributed by atoms with Gasteiger partial charge in [0.1, 0.15) is 34.9 Å². The monoisotopic (exact) mass is 492 g/mol. The number of hydrogen-bond acceptors (Lipinski definition) is 11. The van der Waals surface area contributed by atoms with E-state index in [9.17, 15) is 19.5 Å². The van der Waals surface area contributed by atoms with Crippen LogP contribution >= 0.6 is 34.4 Å². The van der Waals surface area contributed by atoms with Gasteiger partial charge in [0.2, 0.25) is 0 Å². The molecule has 4 N–H and O–H groups in total. The molecule has 2 aromatic heterocycles. The zero-order chi connectivity index (χ0) is 22.8. The Labute approximate surface area is 193 Å². The van der Waals surface area contributed by atoms with Gasteiger partial charge in [-0.05, 0) is 11.6 Å². The van der Waals surface area contributed by atoms with Crippen molar-refractivity contribution in [3.8, 4) is 0 Å². The first-order chi connectivity index (χ1) is 15.4. The number of oxime groups is 1. The average molecular weight is 493 g/mol. The van der Waals surface area contributed by atoms with Gasteiger partial charge in [0.25, 0.3) is 11.8 Å². The summed E-state index contributed by atoms with van der Waals surface area (Å²) in [5, 5.41) is 19.8. The summed E-state index contributed by atoms with van der Waals surface area (Å²) in [7, 11) is 1.28. The van der Waals surface area contributed by atoms with Crippen LogP contribution in [-0.2, 0) is 19.2 Å². The zero-order valence-corrected chi connectivity index (χ0v) is 18.9. The molecular weight excluding hydrogens is 476 g/mol. The summed E-state index contributed by atoms with van der Waals surface area (Å²) in [5.74, 6) is -2.06. The van der Waals surface area contributed by atoms with E-state index in [1.807, 2.05) is 5.38 Å². The second-order valence-corrected chi connectivity index (χ2v) is 9.36. The van der Waals surface area contributed by atoms with Gasteiger partial charge < -0.3 is 21.0 Å². The topological polar surface area (TPSA) is 160 Å². The number of anilines is 1. The lowest BCUT2D eigenvalue weighted by Crippen LogP contribution is -2.71. The van der Waals surface area contributed by atoms with E-state index in [0.717, 1.165) is 16.3 Å². The van der Waals surface area contributed by atoms with Crippen LogP contribution in [0.15, 0.2) is 39.5 Å². The van der Waals surface area contributed by atoms with Crippen molar-refractivity contribution < 1.29 is 24.3 Å². The molecule has 2 aromatic rings. The molecule has 0 bridgehead atoms. The number of aliphatic carboxylic acids is 1. The summed E-state index contributed by atoms with van der Waals surface area (Å²) < 4.78 is 0. The van der Waals surface area contributed by atoms with Gasteiger partial charge in [-0.2, -0.15) is 0 Å². The van der Waals surface area contributed by atoms with Crippen LogP contribution < -0.4 is 11.1 Å². The third-order valence-electron chi connectivity index (χ3n) is 4.53. The van der Waals surface area contributed by atoms with E-state index in [-0.39, 0.29) is 22.2 Å². The molecule has 0 radical (unpaired) electrons. The van der Waals surface area contributed by atoms with Crippen LogP contribution in [0.4, 0.5) is 5.13 Å². The molecule has 32 heavy (non-hydrogen) atoms. The second-order valence-electron chi connectivity index (χ2n) is 6.44. The van der Waals surface area contributed by atoms with Crippen LogP contribution in [0, 0.1) is 0 Å². The van der Waals surface area contributed by atoms with Crippen molar-refractivity contribution in [1.29, 1.82) is 0 Å². The molecule has 4 heterocycles. The number of hydrogen-bond donors (Lipinski definition) is 3. The molecule has 1 fully saturated rings. The number of allylic oxidation sites excluding steroid dienone is 1. The lowest BCUT2D eigenvalue weighted by atomic mass is 10.0. The van der Waals surface area contributed by atoms with E-state index in [1.54, 1.807) is 23.7 Å². The molecule has 1 saturated heterocycles. The van der Waals surface area contributed by atoms with Crippen LogP contribution in [0.1, 0.15) is 10.7 Å². The van der Waals surface area contributed by atoms with Crippen molar-refractivity contribution in [2.75, 3.05) is 18.6 Å².